The van der Waals surface area contributed by atoms with Crippen LogP contribution in [0.25, 0.3) is 0 Å². The molecule has 0 aliphatic rings. The molecule has 0 atom stereocenters. The molecule has 1 amide bonds. The van der Waals surface area contributed by atoms with Gasteiger partial charge in [0.2, 0.25) is 0 Å². The number of nitrogens with one attached hydrogen (secondary N) is 1. The molecule has 3 rings (SSSR count). The van der Waals surface area contributed by atoms with Crippen LogP contribution >= 0.6 is 0 Å². The first kappa shape index (κ1) is 26.8. The largest absolute Gasteiger partial charge is 0.494 e. The van der Waals surface area contributed by atoms with Crippen molar-refractivity contribution in [2.45, 2.75) is 52.4 Å². The number of unbranched alkanes of at least 4 members (excludes halogenated alkanes) is 4. The third kappa shape index (κ3) is 8.77. The van der Waals surface area contributed by atoms with E-state index >= 15 is 0 Å². The molecule has 0 aromatic heterocycles. The number of hydrogen-bond donors (Lipinski definition) is 1. The summed E-state index contributed by atoms with van der Waals surface area (Å²) in [4.78, 5) is 25.0. The molecular formula is C30H35NO5. The Bertz CT molecular complexity index is 1080. The van der Waals surface area contributed by atoms with Gasteiger partial charge < -0.3 is 19.5 Å². The van der Waals surface area contributed by atoms with Gasteiger partial charge in [0.1, 0.15) is 17.2 Å². The van der Waals surface area contributed by atoms with Crippen LogP contribution in [0.2, 0.25) is 0 Å². The third-order valence-corrected chi connectivity index (χ3v) is 5.56. The Balaban J connectivity index is 1.47. The van der Waals surface area contributed by atoms with Crippen LogP contribution in [0.4, 0.5) is 5.69 Å². The van der Waals surface area contributed by atoms with Gasteiger partial charge in [0, 0.05) is 11.3 Å². The van der Waals surface area contributed by atoms with Gasteiger partial charge in [-0.25, -0.2) is 4.79 Å². The van der Waals surface area contributed by atoms with E-state index in [9.17, 15) is 9.59 Å². The van der Waals surface area contributed by atoms with E-state index in [4.69, 9.17) is 14.2 Å². The van der Waals surface area contributed by atoms with Crippen molar-refractivity contribution in [3.63, 3.8) is 0 Å². The lowest BCUT2D eigenvalue weighted by atomic mass is 10.2. The normalized spacial score (nSPS) is 10.5. The number of carbonyl (C=O) groups excluding carboxylic acids is 2. The summed E-state index contributed by atoms with van der Waals surface area (Å²) in [6.07, 6.45) is 6.66. The van der Waals surface area contributed by atoms with Crippen molar-refractivity contribution < 1.29 is 23.8 Å². The van der Waals surface area contributed by atoms with Gasteiger partial charge in [-0.3, -0.25) is 4.79 Å². The molecule has 0 radical (unpaired) electrons. The first-order chi connectivity index (χ1) is 17.6. The van der Waals surface area contributed by atoms with Crippen LogP contribution < -0.4 is 19.5 Å². The van der Waals surface area contributed by atoms with Gasteiger partial charge in [-0.1, -0.05) is 39.5 Å². The Hall–Kier alpha value is -3.80. The van der Waals surface area contributed by atoms with E-state index in [1.807, 2.05) is 12.1 Å². The summed E-state index contributed by atoms with van der Waals surface area (Å²) >= 11 is 0. The van der Waals surface area contributed by atoms with Crippen LogP contribution in [-0.2, 0) is 0 Å². The smallest absolute Gasteiger partial charge is 0.343 e. The molecule has 0 aliphatic carbocycles. The van der Waals surface area contributed by atoms with Gasteiger partial charge in [-0.05, 0) is 85.6 Å². The highest BCUT2D eigenvalue weighted by Gasteiger charge is 2.11. The van der Waals surface area contributed by atoms with Gasteiger partial charge in [-0.2, -0.15) is 0 Å². The van der Waals surface area contributed by atoms with Gasteiger partial charge in [0.25, 0.3) is 5.91 Å². The predicted molar refractivity (Wildman–Crippen MR) is 142 cm³/mol. The van der Waals surface area contributed by atoms with Gasteiger partial charge in [0.15, 0.2) is 0 Å². The summed E-state index contributed by atoms with van der Waals surface area (Å²) in [5, 5.41) is 2.85. The van der Waals surface area contributed by atoms with Crippen LogP contribution in [0.5, 0.6) is 17.2 Å². The fourth-order valence-electron chi connectivity index (χ4n) is 3.42. The number of carbonyl (C=O) groups is 2. The summed E-state index contributed by atoms with van der Waals surface area (Å²) in [7, 11) is 0. The lowest BCUT2D eigenvalue weighted by molar-refractivity contribution is 0.0734. The van der Waals surface area contributed by atoms with Gasteiger partial charge in [0.05, 0.1) is 18.8 Å². The molecule has 0 bridgehead atoms. The summed E-state index contributed by atoms with van der Waals surface area (Å²) < 4.78 is 16.8. The summed E-state index contributed by atoms with van der Waals surface area (Å²) in [6, 6.07) is 20.6. The second-order valence-electron chi connectivity index (χ2n) is 8.53. The Morgan fingerprint density at radius 2 is 1.14 bits per heavy atom. The zero-order chi connectivity index (χ0) is 25.6. The van der Waals surface area contributed by atoms with Crippen molar-refractivity contribution in [2.75, 3.05) is 18.5 Å². The van der Waals surface area contributed by atoms with Crippen molar-refractivity contribution in [3.8, 4) is 17.2 Å². The maximum Gasteiger partial charge on any atom is 0.343 e. The topological polar surface area (TPSA) is 73.9 Å². The zero-order valence-electron chi connectivity index (χ0n) is 21.1. The number of ether oxygens (including phenoxy) is 3. The molecule has 3 aromatic rings. The Morgan fingerprint density at radius 3 is 1.75 bits per heavy atom. The second-order valence-corrected chi connectivity index (χ2v) is 8.53. The fraction of sp³-hybridized carbons (Fsp3) is 0.333. The summed E-state index contributed by atoms with van der Waals surface area (Å²) in [5.41, 5.74) is 1.56. The monoisotopic (exact) mass is 489 g/mol. The Morgan fingerprint density at radius 1 is 0.611 bits per heavy atom. The van der Waals surface area contributed by atoms with Gasteiger partial charge in [-0.15, -0.1) is 0 Å². The minimum atomic E-state index is -0.469. The van der Waals surface area contributed by atoms with Crippen LogP contribution in [0, 0.1) is 0 Å². The quantitative estimate of drug-likeness (QED) is 0.146. The Kier molecular flexibility index (Phi) is 10.8. The molecular weight excluding hydrogens is 454 g/mol. The van der Waals surface area contributed by atoms with E-state index in [-0.39, 0.29) is 5.91 Å². The van der Waals surface area contributed by atoms with Crippen LogP contribution in [-0.4, -0.2) is 25.1 Å². The van der Waals surface area contributed by atoms with Crippen molar-refractivity contribution in [3.05, 3.63) is 83.9 Å². The highest BCUT2D eigenvalue weighted by Crippen LogP contribution is 2.19. The van der Waals surface area contributed by atoms with Crippen LogP contribution in [0.3, 0.4) is 0 Å². The first-order valence-electron chi connectivity index (χ1n) is 12.7. The molecule has 0 unspecified atom stereocenters. The van der Waals surface area contributed by atoms with E-state index < -0.39 is 5.97 Å². The lowest BCUT2D eigenvalue weighted by Crippen LogP contribution is -2.12. The number of amides is 1. The fourth-order valence-corrected chi connectivity index (χ4v) is 3.42. The lowest BCUT2D eigenvalue weighted by Gasteiger charge is -2.09. The summed E-state index contributed by atoms with van der Waals surface area (Å²) in [5.74, 6) is 1.15. The first-order valence-corrected chi connectivity index (χ1v) is 12.7. The average molecular weight is 490 g/mol. The molecule has 6 heteroatoms. The van der Waals surface area contributed by atoms with E-state index in [0.29, 0.717) is 35.8 Å². The SMILES string of the molecule is CCCCCCOc1ccc(C(=O)Oc2ccc(C(=O)Nc3ccc(OCCCC)cc3)cc2)cc1. The maximum absolute atomic E-state index is 12.6. The summed E-state index contributed by atoms with van der Waals surface area (Å²) in [6.45, 7) is 5.64. The highest BCUT2D eigenvalue weighted by atomic mass is 16.5. The molecule has 190 valence electrons. The Labute approximate surface area is 213 Å². The molecule has 0 saturated heterocycles. The highest BCUT2D eigenvalue weighted by molar-refractivity contribution is 6.04. The maximum atomic E-state index is 12.6. The number of esters is 1. The van der Waals surface area contributed by atoms with Crippen molar-refractivity contribution in [1.82, 2.24) is 0 Å². The van der Waals surface area contributed by atoms with Crippen molar-refractivity contribution in [1.29, 1.82) is 0 Å². The molecule has 3 aromatic carbocycles. The molecule has 0 aliphatic heterocycles. The zero-order valence-corrected chi connectivity index (χ0v) is 21.1. The minimum Gasteiger partial charge on any atom is -0.494 e. The van der Waals surface area contributed by atoms with Crippen LogP contribution in [0.1, 0.15) is 73.1 Å². The number of hydrogen-bond acceptors (Lipinski definition) is 5. The number of benzene rings is 3. The molecule has 1 N–H and O–H groups in total. The number of anilines is 1. The second kappa shape index (κ2) is 14.6. The number of rotatable bonds is 14. The molecule has 0 heterocycles. The average Bonchev–Trinajstić information content (AvgIpc) is 2.90. The third-order valence-electron chi connectivity index (χ3n) is 5.56. The van der Waals surface area contributed by atoms with E-state index in [1.54, 1.807) is 60.7 Å². The van der Waals surface area contributed by atoms with Gasteiger partial charge >= 0.3 is 5.97 Å². The molecule has 36 heavy (non-hydrogen) atoms. The minimum absolute atomic E-state index is 0.252. The molecule has 6 nitrogen and oxygen atoms in total. The predicted octanol–water partition coefficient (Wildman–Crippen LogP) is 7.30. The van der Waals surface area contributed by atoms with E-state index in [1.165, 1.54) is 12.8 Å². The van der Waals surface area contributed by atoms with Crippen LogP contribution in [0.15, 0.2) is 72.8 Å². The van der Waals surface area contributed by atoms with E-state index in [2.05, 4.69) is 19.2 Å². The standard InChI is InChI=1S/C30H35NO5/c1-3-5-7-8-22-35-26-15-11-24(12-16-26)30(33)36-28-17-9-23(10-18-28)29(32)31-25-13-19-27(20-14-25)34-21-6-4-2/h9-20H,3-8,21-22H2,1-2H3,(H,31,32). The molecule has 0 fully saturated rings. The van der Waals surface area contributed by atoms with Crippen molar-refractivity contribution >= 4 is 17.6 Å². The molecule has 0 saturated carbocycles. The van der Waals surface area contributed by atoms with Crippen molar-refractivity contribution in [2.24, 2.45) is 0 Å². The molecule has 0 spiro atoms. The van der Waals surface area contributed by atoms with E-state index in [0.717, 1.165) is 37.2 Å².